The third-order valence-electron chi connectivity index (χ3n) is 4.19. The van der Waals surface area contributed by atoms with E-state index >= 15 is 0 Å². The summed E-state index contributed by atoms with van der Waals surface area (Å²) in [7, 11) is 1.62. The molecule has 0 aromatic heterocycles. The number of ether oxygens (including phenoxy) is 2. The van der Waals surface area contributed by atoms with Crippen molar-refractivity contribution in [3.05, 3.63) is 18.2 Å². The second kappa shape index (κ2) is 8.77. The summed E-state index contributed by atoms with van der Waals surface area (Å²) in [6.45, 7) is 5.77. The number of methoxy groups -OCH3 is 1. The highest BCUT2D eigenvalue weighted by molar-refractivity contribution is 5.94. The Balaban J connectivity index is 2.07. The van der Waals surface area contributed by atoms with Crippen molar-refractivity contribution in [1.29, 1.82) is 0 Å². The van der Waals surface area contributed by atoms with Gasteiger partial charge in [-0.15, -0.1) is 0 Å². The predicted molar refractivity (Wildman–Crippen MR) is 92.2 cm³/mol. The quantitative estimate of drug-likeness (QED) is 0.758. The molecule has 1 heterocycles. The van der Waals surface area contributed by atoms with Crippen LogP contribution in [0.15, 0.2) is 18.2 Å². The fourth-order valence-corrected chi connectivity index (χ4v) is 2.79. The topological polar surface area (TPSA) is 59.6 Å². The molecule has 5 heteroatoms. The average Bonchev–Trinajstić information content (AvgIpc) is 2.56. The van der Waals surface area contributed by atoms with E-state index in [4.69, 9.17) is 9.47 Å². The van der Waals surface area contributed by atoms with Gasteiger partial charge in [-0.05, 0) is 44.9 Å². The second-order valence-electron chi connectivity index (χ2n) is 6.13. The van der Waals surface area contributed by atoms with E-state index < -0.39 is 0 Å². The normalized spacial score (nSPS) is 20.8. The SMILES string of the molecule is CCCCOc1ccc(OC)cc1NC(=O)[C@H]1CCN[C@@H](C)C1. The first kappa shape index (κ1) is 17.6. The van der Waals surface area contributed by atoms with Gasteiger partial charge in [0.2, 0.25) is 5.91 Å². The Morgan fingerprint density at radius 1 is 1.43 bits per heavy atom. The fourth-order valence-electron chi connectivity index (χ4n) is 2.79. The van der Waals surface area contributed by atoms with Gasteiger partial charge in [0.05, 0.1) is 19.4 Å². The molecule has 0 unspecified atom stereocenters. The van der Waals surface area contributed by atoms with E-state index in [1.165, 1.54) is 0 Å². The van der Waals surface area contributed by atoms with E-state index in [9.17, 15) is 4.79 Å². The van der Waals surface area contributed by atoms with Crippen molar-refractivity contribution >= 4 is 11.6 Å². The second-order valence-corrected chi connectivity index (χ2v) is 6.13. The lowest BCUT2D eigenvalue weighted by Gasteiger charge is -2.27. The molecule has 128 valence electrons. The van der Waals surface area contributed by atoms with Crippen LogP contribution in [0.3, 0.4) is 0 Å². The number of nitrogens with one attached hydrogen (secondary N) is 2. The summed E-state index contributed by atoms with van der Waals surface area (Å²) in [4.78, 5) is 12.6. The van der Waals surface area contributed by atoms with Crippen LogP contribution in [-0.2, 0) is 4.79 Å². The van der Waals surface area contributed by atoms with Crippen LogP contribution in [0.5, 0.6) is 11.5 Å². The van der Waals surface area contributed by atoms with Crippen molar-refractivity contribution in [1.82, 2.24) is 5.32 Å². The first-order valence-electron chi connectivity index (χ1n) is 8.49. The van der Waals surface area contributed by atoms with E-state index in [0.717, 1.165) is 32.2 Å². The molecule has 23 heavy (non-hydrogen) atoms. The summed E-state index contributed by atoms with van der Waals surface area (Å²) < 4.78 is 11.1. The molecule has 0 saturated carbocycles. The molecule has 1 fully saturated rings. The average molecular weight is 320 g/mol. The number of benzene rings is 1. The van der Waals surface area contributed by atoms with Crippen LogP contribution in [0.2, 0.25) is 0 Å². The van der Waals surface area contributed by atoms with Crippen molar-refractivity contribution < 1.29 is 14.3 Å². The molecule has 1 aromatic carbocycles. The number of anilines is 1. The van der Waals surface area contributed by atoms with Crippen molar-refractivity contribution in [2.75, 3.05) is 25.6 Å². The maximum atomic E-state index is 12.6. The highest BCUT2D eigenvalue weighted by Crippen LogP contribution is 2.30. The third-order valence-corrected chi connectivity index (χ3v) is 4.19. The van der Waals surface area contributed by atoms with Crippen LogP contribution >= 0.6 is 0 Å². The Kier molecular flexibility index (Phi) is 6.71. The lowest BCUT2D eigenvalue weighted by atomic mass is 9.92. The Labute approximate surface area is 138 Å². The van der Waals surface area contributed by atoms with Gasteiger partial charge in [0.15, 0.2) is 0 Å². The third kappa shape index (κ3) is 5.13. The molecule has 1 saturated heterocycles. The molecule has 0 spiro atoms. The summed E-state index contributed by atoms with van der Waals surface area (Å²) in [6.07, 6.45) is 3.80. The number of carbonyl (C=O) groups excluding carboxylic acids is 1. The van der Waals surface area contributed by atoms with Gasteiger partial charge in [0.25, 0.3) is 0 Å². The van der Waals surface area contributed by atoms with Crippen molar-refractivity contribution in [3.63, 3.8) is 0 Å². The molecule has 0 bridgehead atoms. The van der Waals surface area contributed by atoms with Gasteiger partial charge < -0.3 is 20.1 Å². The molecule has 0 radical (unpaired) electrons. The van der Waals surface area contributed by atoms with Gasteiger partial charge in [0, 0.05) is 18.0 Å². The van der Waals surface area contributed by atoms with Crippen LogP contribution in [-0.4, -0.2) is 32.2 Å². The lowest BCUT2D eigenvalue weighted by Crippen LogP contribution is -2.40. The number of hydrogen-bond donors (Lipinski definition) is 2. The standard InChI is InChI=1S/C18H28N2O3/c1-4-5-10-23-17-7-6-15(22-3)12-16(17)20-18(21)14-8-9-19-13(2)11-14/h6-7,12-14,19H,4-5,8-11H2,1-3H3,(H,20,21)/t13-,14-/m0/s1. The fraction of sp³-hybridized carbons (Fsp3) is 0.611. The van der Waals surface area contributed by atoms with E-state index in [1.54, 1.807) is 7.11 Å². The largest absolute Gasteiger partial charge is 0.497 e. The smallest absolute Gasteiger partial charge is 0.227 e. The van der Waals surface area contributed by atoms with E-state index in [-0.39, 0.29) is 11.8 Å². The zero-order valence-corrected chi connectivity index (χ0v) is 14.4. The summed E-state index contributed by atoms with van der Waals surface area (Å²) in [6, 6.07) is 5.91. The van der Waals surface area contributed by atoms with Gasteiger partial charge in [-0.1, -0.05) is 13.3 Å². The van der Waals surface area contributed by atoms with Crippen LogP contribution < -0.4 is 20.1 Å². The summed E-state index contributed by atoms with van der Waals surface area (Å²) in [5, 5.41) is 6.40. The zero-order chi connectivity index (χ0) is 16.7. The predicted octanol–water partition coefficient (Wildman–Crippen LogP) is 3.20. The molecule has 1 aromatic rings. The Hall–Kier alpha value is -1.75. The Morgan fingerprint density at radius 2 is 2.26 bits per heavy atom. The maximum absolute atomic E-state index is 12.6. The van der Waals surface area contributed by atoms with Crippen molar-refractivity contribution in [3.8, 4) is 11.5 Å². The lowest BCUT2D eigenvalue weighted by molar-refractivity contribution is -0.120. The van der Waals surface area contributed by atoms with Crippen LogP contribution in [0.25, 0.3) is 0 Å². The monoisotopic (exact) mass is 320 g/mol. The van der Waals surface area contributed by atoms with Crippen molar-refractivity contribution in [2.24, 2.45) is 5.92 Å². The molecule has 1 aliphatic rings. The van der Waals surface area contributed by atoms with Gasteiger partial charge in [-0.25, -0.2) is 0 Å². The number of unbranched alkanes of at least 4 members (excludes halogenated alkanes) is 1. The van der Waals surface area contributed by atoms with Gasteiger partial charge in [-0.2, -0.15) is 0 Å². The van der Waals surface area contributed by atoms with Gasteiger partial charge >= 0.3 is 0 Å². The van der Waals surface area contributed by atoms with Crippen LogP contribution in [0, 0.1) is 5.92 Å². The van der Waals surface area contributed by atoms with E-state index in [0.29, 0.717) is 29.8 Å². The molecule has 1 aliphatic heterocycles. The molecule has 2 rings (SSSR count). The van der Waals surface area contributed by atoms with E-state index in [2.05, 4.69) is 24.5 Å². The molecule has 1 amide bonds. The highest BCUT2D eigenvalue weighted by atomic mass is 16.5. The first-order valence-corrected chi connectivity index (χ1v) is 8.49. The maximum Gasteiger partial charge on any atom is 0.227 e. The number of amides is 1. The minimum absolute atomic E-state index is 0.0425. The summed E-state index contributed by atoms with van der Waals surface area (Å²) >= 11 is 0. The number of rotatable bonds is 7. The molecule has 2 atom stereocenters. The Bertz CT molecular complexity index is 519. The Morgan fingerprint density at radius 3 is 2.96 bits per heavy atom. The highest BCUT2D eigenvalue weighted by Gasteiger charge is 2.25. The summed E-state index contributed by atoms with van der Waals surface area (Å²) in [5.74, 6) is 1.52. The molecule has 2 N–H and O–H groups in total. The first-order chi connectivity index (χ1) is 11.1. The van der Waals surface area contributed by atoms with Gasteiger partial charge in [0.1, 0.15) is 11.5 Å². The zero-order valence-electron chi connectivity index (χ0n) is 14.4. The minimum atomic E-state index is 0.0425. The van der Waals surface area contributed by atoms with E-state index in [1.807, 2.05) is 18.2 Å². The molecular formula is C18H28N2O3. The summed E-state index contributed by atoms with van der Waals surface area (Å²) in [5.41, 5.74) is 0.691. The van der Waals surface area contributed by atoms with Crippen molar-refractivity contribution in [2.45, 2.75) is 45.6 Å². The molecule has 0 aliphatic carbocycles. The molecular weight excluding hydrogens is 292 g/mol. The minimum Gasteiger partial charge on any atom is -0.497 e. The number of hydrogen-bond acceptors (Lipinski definition) is 4. The van der Waals surface area contributed by atoms with Gasteiger partial charge in [-0.3, -0.25) is 4.79 Å². The molecule has 5 nitrogen and oxygen atoms in total. The number of carbonyl (C=O) groups is 1. The van der Waals surface area contributed by atoms with Crippen LogP contribution in [0.1, 0.15) is 39.5 Å². The van der Waals surface area contributed by atoms with Crippen LogP contribution in [0.4, 0.5) is 5.69 Å². The number of piperidine rings is 1.